The molecule has 1 saturated heterocycles. The van der Waals surface area contributed by atoms with Crippen molar-refractivity contribution in [1.29, 1.82) is 0 Å². The summed E-state index contributed by atoms with van der Waals surface area (Å²) in [6, 6.07) is 11.0. The minimum Gasteiger partial charge on any atom is -0.310 e. The zero-order valence-corrected chi connectivity index (χ0v) is 11.3. The molecule has 2 nitrogen and oxygen atoms in total. The van der Waals surface area contributed by atoms with Gasteiger partial charge in [0.1, 0.15) is 0 Å². The molecule has 2 heteroatoms. The number of hydrogen-bond donors (Lipinski definition) is 1. The van der Waals surface area contributed by atoms with Gasteiger partial charge in [-0.05, 0) is 38.4 Å². The summed E-state index contributed by atoms with van der Waals surface area (Å²) in [6.07, 6.45) is 7.13. The van der Waals surface area contributed by atoms with Gasteiger partial charge in [-0.15, -0.1) is 0 Å². The summed E-state index contributed by atoms with van der Waals surface area (Å²) in [4.78, 5) is 2.55. The molecular formula is C16H24N2. The summed E-state index contributed by atoms with van der Waals surface area (Å²) in [5, 5.41) is 3.55. The third-order valence-corrected chi connectivity index (χ3v) is 3.42. The van der Waals surface area contributed by atoms with E-state index in [1.165, 1.54) is 38.0 Å². The van der Waals surface area contributed by atoms with Crippen molar-refractivity contribution in [3.8, 4) is 0 Å². The molecule has 1 aliphatic heterocycles. The summed E-state index contributed by atoms with van der Waals surface area (Å²) in [5.41, 5.74) is 1.27. The van der Waals surface area contributed by atoms with Gasteiger partial charge in [-0.2, -0.15) is 0 Å². The fourth-order valence-corrected chi connectivity index (χ4v) is 2.45. The molecule has 0 radical (unpaired) electrons. The molecular weight excluding hydrogens is 220 g/mol. The smallest absolute Gasteiger partial charge is 0.0169 e. The standard InChI is InChI=1S/C16H24N2/c1-15(14-18-12-5-6-13-18)17-11-7-10-16-8-3-2-4-9-16/h2-4,7-10,15,17H,5-6,11-14H2,1H3. The third-order valence-electron chi connectivity index (χ3n) is 3.42. The molecule has 0 spiro atoms. The Morgan fingerprint density at radius 3 is 2.67 bits per heavy atom. The number of hydrogen-bond acceptors (Lipinski definition) is 2. The molecule has 0 saturated carbocycles. The second-order valence-electron chi connectivity index (χ2n) is 5.13. The Kier molecular flexibility index (Phi) is 5.43. The molecule has 0 aliphatic carbocycles. The lowest BCUT2D eigenvalue weighted by molar-refractivity contribution is 0.302. The maximum atomic E-state index is 3.55. The molecule has 1 aliphatic rings. The molecule has 1 aromatic rings. The molecule has 0 bridgehead atoms. The second kappa shape index (κ2) is 7.34. The molecule has 98 valence electrons. The Morgan fingerprint density at radius 2 is 1.94 bits per heavy atom. The van der Waals surface area contributed by atoms with Gasteiger partial charge < -0.3 is 10.2 Å². The van der Waals surface area contributed by atoms with Crippen LogP contribution in [0.2, 0.25) is 0 Å². The summed E-state index contributed by atoms with van der Waals surface area (Å²) in [5.74, 6) is 0. The fraction of sp³-hybridized carbons (Fsp3) is 0.500. The van der Waals surface area contributed by atoms with Crippen molar-refractivity contribution in [2.45, 2.75) is 25.8 Å². The van der Waals surface area contributed by atoms with Gasteiger partial charge in [0, 0.05) is 19.1 Å². The highest BCUT2D eigenvalue weighted by molar-refractivity contribution is 5.48. The Morgan fingerprint density at radius 1 is 1.22 bits per heavy atom. The van der Waals surface area contributed by atoms with E-state index in [4.69, 9.17) is 0 Å². The van der Waals surface area contributed by atoms with Crippen LogP contribution in [0.5, 0.6) is 0 Å². The first-order valence-corrected chi connectivity index (χ1v) is 7.02. The van der Waals surface area contributed by atoms with Crippen LogP contribution in [0.15, 0.2) is 36.4 Å². The predicted molar refractivity (Wildman–Crippen MR) is 78.6 cm³/mol. The highest BCUT2D eigenvalue weighted by atomic mass is 15.2. The van der Waals surface area contributed by atoms with Crippen molar-refractivity contribution < 1.29 is 0 Å². The van der Waals surface area contributed by atoms with Crippen molar-refractivity contribution in [1.82, 2.24) is 10.2 Å². The van der Waals surface area contributed by atoms with E-state index in [2.05, 4.69) is 53.6 Å². The first-order valence-electron chi connectivity index (χ1n) is 7.02. The fourth-order valence-electron chi connectivity index (χ4n) is 2.45. The van der Waals surface area contributed by atoms with Crippen LogP contribution in [-0.4, -0.2) is 37.1 Å². The average Bonchev–Trinajstić information content (AvgIpc) is 2.89. The van der Waals surface area contributed by atoms with E-state index in [1.54, 1.807) is 0 Å². The minimum atomic E-state index is 0.573. The van der Waals surface area contributed by atoms with Crippen LogP contribution in [-0.2, 0) is 0 Å². The monoisotopic (exact) mass is 244 g/mol. The summed E-state index contributed by atoms with van der Waals surface area (Å²) >= 11 is 0. The Balaban J connectivity index is 1.63. The number of nitrogens with one attached hydrogen (secondary N) is 1. The van der Waals surface area contributed by atoms with Gasteiger partial charge in [-0.1, -0.05) is 42.5 Å². The van der Waals surface area contributed by atoms with Crippen LogP contribution in [0.1, 0.15) is 25.3 Å². The van der Waals surface area contributed by atoms with E-state index < -0.39 is 0 Å². The van der Waals surface area contributed by atoms with Gasteiger partial charge in [-0.3, -0.25) is 0 Å². The lowest BCUT2D eigenvalue weighted by atomic mass is 10.2. The Bertz CT molecular complexity index is 353. The van der Waals surface area contributed by atoms with E-state index in [0.29, 0.717) is 6.04 Å². The number of benzene rings is 1. The van der Waals surface area contributed by atoms with Gasteiger partial charge in [0.25, 0.3) is 0 Å². The normalized spacial score (nSPS) is 18.5. The third kappa shape index (κ3) is 4.63. The Labute approximate surface area is 111 Å². The zero-order valence-electron chi connectivity index (χ0n) is 11.3. The van der Waals surface area contributed by atoms with E-state index in [1.807, 2.05) is 6.07 Å². The number of rotatable bonds is 6. The highest BCUT2D eigenvalue weighted by Gasteiger charge is 2.13. The van der Waals surface area contributed by atoms with Gasteiger partial charge >= 0.3 is 0 Å². The van der Waals surface area contributed by atoms with Gasteiger partial charge in [0.2, 0.25) is 0 Å². The second-order valence-corrected chi connectivity index (χ2v) is 5.13. The van der Waals surface area contributed by atoms with Crippen LogP contribution in [0.25, 0.3) is 6.08 Å². The maximum absolute atomic E-state index is 3.55. The van der Waals surface area contributed by atoms with E-state index >= 15 is 0 Å². The minimum absolute atomic E-state index is 0.573. The van der Waals surface area contributed by atoms with E-state index in [9.17, 15) is 0 Å². The predicted octanol–water partition coefficient (Wildman–Crippen LogP) is 2.77. The van der Waals surface area contributed by atoms with Crippen molar-refractivity contribution in [3.63, 3.8) is 0 Å². The number of nitrogens with zero attached hydrogens (tertiary/aromatic N) is 1. The molecule has 1 unspecified atom stereocenters. The number of likely N-dealkylation sites (tertiary alicyclic amines) is 1. The van der Waals surface area contributed by atoms with E-state index in [0.717, 1.165) is 6.54 Å². The molecule has 1 aromatic carbocycles. The molecule has 18 heavy (non-hydrogen) atoms. The molecule has 1 fully saturated rings. The lowest BCUT2D eigenvalue weighted by Gasteiger charge is -2.20. The van der Waals surface area contributed by atoms with Crippen molar-refractivity contribution in [2.24, 2.45) is 0 Å². The molecule has 0 amide bonds. The molecule has 2 rings (SSSR count). The van der Waals surface area contributed by atoms with Crippen LogP contribution >= 0.6 is 0 Å². The van der Waals surface area contributed by atoms with Crippen LogP contribution in [0.4, 0.5) is 0 Å². The molecule has 1 atom stereocenters. The summed E-state index contributed by atoms with van der Waals surface area (Å²) < 4.78 is 0. The SMILES string of the molecule is CC(CN1CCCC1)NCC=Cc1ccccc1. The quantitative estimate of drug-likeness (QED) is 0.828. The van der Waals surface area contributed by atoms with Crippen molar-refractivity contribution >= 4 is 6.08 Å². The topological polar surface area (TPSA) is 15.3 Å². The maximum Gasteiger partial charge on any atom is 0.0169 e. The van der Waals surface area contributed by atoms with Crippen LogP contribution in [0.3, 0.4) is 0 Å². The largest absolute Gasteiger partial charge is 0.310 e. The molecule has 1 N–H and O–H groups in total. The van der Waals surface area contributed by atoms with E-state index in [-0.39, 0.29) is 0 Å². The van der Waals surface area contributed by atoms with Gasteiger partial charge in [-0.25, -0.2) is 0 Å². The van der Waals surface area contributed by atoms with Crippen molar-refractivity contribution in [2.75, 3.05) is 26.2 Å². The average molecular weight is 244 g/mol. The Hall–Kier alpha value is -1.12. The van der Waals surface area contributed by atoms with Gasteiger partial charge in [0.15, 0.2) is 0 Å². The van der Waals surface area contributed by atoms with Crippen molar-refractivity contribution in [3.05, 3.63) is 42.0 Å². The zero-order chi connectivity index (χ0) is 12.6. The molecule has 1 heterocycles. The highest BCUT2D eigenvalue weighted by Crippen LogP contribution is 2.07. The first-order chi connectivity index (χ1) is 8.84. The summed E-state index contributed by atoms with van der Waals surface area (Å²) in [6.45, 7) is 6.97. The lowest BCUT2D eigenvalue weighted by Crippen LogP contribution is -2.37. The summed E-state index contributed by atoms with van der Waals surface area (Å²) in [7, 11) is 0. The first kappa shape index (κ1) is 13.3. The van der Waals surface area contributed by atoms with Gasteiger partial charge in [0.05, 0.1) is 0 Å². The van der Waals surface area contributed by atoms with Crippen LogP contribution < -0.4 is 5.32 Å². The molecule has 0 aromatic heterocycles. The van der Waals surface area contributed by atoms with Crippen LogP contribution in [0, 0.1) is 0 Å².